The number of piperidine rings is 1. The summed E-state index contributed by atoms with van der Waals surface area (Å²) in [6.07, 6.45) is 2.63. The molecule has 1 N–H and O–H groups in total. The Bertz CT molecular complexity index is 1010. The first-order valence-electron chi connectivity index (χ1n) is 10.8. The lowest BCUT2D eigenvalue weighted by atomic mass is 9.90. The number of nitrogens with one attached hydrogen (secondary N) is 1. The standard InChI is InChI=1S/C24H29N3O4/c1-26-12-10-24(11-13-26)27-20(18-6-5-7-21(29-3)23(18)31-24)15-19(25-27)17-9-8-16(28-2)14-22(17)30-4/h5-9,14,20H,10-13,15H2,1-4H3/p+1/t20-/m1/s1. The number of para-hydroxylation sites is 1. The highest BCUT2D eigenvalue weighted by Gasteiger charge is 2.53. The van der Waals surface area contributed by atoms with E-state index in [4.69, 9.17) is 24.0 Å². The van der Waals surface area contributed by atoms with Crippen LogP contribution in [0, 0.1) is 0 Å². The van der Waals surface area contributed by atoms with E-state index in [1.165, 1.54) is 4.90 Å². The van der Waals surface area contributed by atoms with Gasteiger partial charge in [0.15, 0.2) is 11.5 Å². The smallest absolute Gasteiger partial charge is 0.209 e. The van der Waals surface area contributed by atoms with Crippen molar-refractivity contribution < 1.29 is 23.8 Å². The molecule has 7 heteroatoms. The predicted octanol–water partition coefficient (Wildman–Crippen LogP) is 2.26. The van der Waals surface area contributed by atoms with Crippen molar-refractivity contribution in [2.45, 2.75) is 31.0 Å². The zero-order chi connectivity index (χ0) is 21.6. The van der Waals surface area contributed by atoms with Crippen LogP contribution in [0.2, 0.25) is 0 Å². The van der Waals surface area contributed by atoms with E-state index in [0.717, 1.165) is 72.2 Å². The maximum atomic E-state index is 6.75. The summed E-state index contributed by atoms with van der Waals surface area (Å²) in [5, 5.41) is 7.38. The summed E-state index contributed by atoms with van der Waals surface area (Å²) in [7, 11) is 7.29. The molecule has 2 aromatic rings. The maximum absolute atomic E-state index is 6.75. The number of nitrogens with zero attached hydrogens (tertiary/aromatic N) is 2. The zero-order valence-electron chi connectivity index (χ0n) is 18.6. The second-order valence-electron chi connectivity index (χ2n) is 8.56. The highest BCUT2D eigenvalue weighted by atomic mass is 16.5. The van der Waals surface area contributed by atoms with Crippen LogP contribution in [0.4, 0.5) is 0 Å². The molecule has 3 aliphatic heterocycles. The molecule has 1 fully saturated rings. The van der Waals surface area contributed by atoms with Crippen LogP contribution in [0.15, 0.2) is 41.5 Å². The Labute approximate surface area is 183 Å². The number of ether oxygens (including phenoxy) is 4. The third-order valence-corrected chi connectivity index (χ3v) is 6.81. The lowest BCUT2D eigenvalue weighted by Crippen LogP contribution is -3.11. The third-order valence-electron chi connectivity index (χ3n) is 6.81. The first-order chi connectivity index (χ1) is 15.1. The molecular formula is C24H30N3O4+. The van der Waals surface area contributed by atoms with Crippen LogP contribution in [-0.4, -0.2) is 57.9 Å². The van der Waals surface area contributed by atoms with Crippen molar-refractivity contribution in [2.75, 3.05) is 41.5 Å². The van der Waals surface area contributed by atoms with E-state index in [1.54, 1.807) is 21.3 Å². The van der Waals surface area contributed by atoms with Gasteiger partial charge < -0.3 is 23.8 Å². The number of benzene rings is 2. The quantitative estimate of drug-likeness (QED) is 0.816. The Balaban J connectivity index is 1.60. The molecule has 31 heavy (non-hydrogen) atoms. The third kappa shape index (κ3) is 3.19. The van der Waals surface area contributed by atoms with E-state index in [1.807, 2.05) is 30.3 Å². The Morgan fingerprint density at radius 2 is 1.81 bits per heavy atom. The molecule has 0 amide bonds. The number of hydrogen-bond donors (Lipinski definition) is 1. The van der Waals surface area contributed by atoms with Crippen molar-refractivity contribution in [3.05, 3.63) is 47.5 Å². The van der Waals surface area contributed by atoms with Crippen LogP contribution in [0.1, 0.15) is 36.4 Å². The van der Waals surface area contributed by atoms with Gasteiger partial charge in [-0.3, -0.25) is 0 Å². The average Bonchev–Trinajstić information content (AvgIpc) is 3.27. The van der Waals surface area contributed by atoms with E-state index < -0.39 is 5.72 Å². The number of fused-ring (bicyclic) bond motifs is 4. The number of hydrogen-bond acceptors (Lipinski definition) is 6. The Kier molecular flexibility index (Phi) is 4.93. The molecule has 1 atom stereocenters. The second-order valence-corrected chi connectivity index (χ2v) is 8.56. The largest absolute Gasteiger partial charge is 0.497 e. The van der Waals surface area contributed by atoms with Gasteiger partial charge in [-0.1, -0.05) is 12.1 Å². The van der Waals surface area contributed by atoms with Gasteiger partial charge in [-0.15, -0.1) is 0 Å². The van der Waals surface area contributed by atoms with Crippen molar-refractivity contribution >= 4 is 5.71 Å². The molecule has 0 radical (unpaired) electrons. The summed E-state index contributed by atoms with van der Waals surface area (Å²) in [5.41, 5.74) is 2.68. The lowest BCUT2D eigenvalue weighted by Gasteiger charge is -2.49. The van der Waals surface area contributed by atoms with Gasteiger partial charge in [-0.05, 0) is 18.2 Å². The van der Waals surface area contributed by atoms with E-state index in [0.29, 0.717) is 0 Å². The molecule has 164 valence electrons. The highest BCUT2D eigenvalue weighted by molar-refractivity contribution is 6.04. The topological polar surface area (TPSA) is 57.0 Å². The molecule has 1 spiro atoms. The maximum Gasteiger partial charge on any atom is 0.209 e. The molecular weight excluding hydrogens is 394 g/mol. The van der Waals surface area contributed by atoms with Crippen LogP contribution in [0.25, 0.3) is 0 Å². The van der Waals surface area contributed by atoms with Gasteiger partial charge in [0.1, 0.15) is 11.5 Å². The first-order valence-corrected chi connectivity index (χ1v) is 10.8. The molecule has 3 heterocycles. The average molecular weight is 425 g/mol. The summed E-state index contributed by atoms with van der Waals surface area (Å²) in [5.74, 6) is 3.19. The fourth-order valence-electron chi connectivity index (χ4n) is 5.03. The molecule has 5 rings (SSSR count). The van der Waals surface area contributed by atoms with E-state index >= 15 is 0 Å². The van der Waals surface area contributed by atoms with E-state index in [9.17, 15) is 0 Å². The number of methoxy groups -OCH3 is 3. The van der Waals surface area contributed by atoms with Gasteiger partial charge in [0.05, 0.1) is 66.1 Å². The van der Waals surface area contributed by atoms with Crippen molar-refractivity contribution in [3.8, 4) is 23.0 Å². The normalized spacial score (nSPS) is 26.6. The summed E-state index contributed by atoms with van der Waals surface area (Å²) >= 11 is 0. The summed E-state index contributed by atoms with van der Waals surface area (Å²) in [6.45, 7) is 2.09. The van der Waals surface area contributed by atoms with Crippen molar-refractivity contribution in [1.82, 2.24) is 5.01 Å². The van der Waals surface area contributed by atoms with Crippen LogP contribution in [0.5, 0.6) is 23.0 Å². The van der Waals surface area contributed by atoms with Gasteiger partial charge in [-0.2, -0.15) is 5.10 Å². The van der Waals surface area contributed by atoms with Crippen molar-refractivity contribution in [2.24, 2.45) is 5.10 Å². The van der Waals surface area contributed by atoms with Gasteiger partial charge >= 0.3 is 0 Å². The van der Waals surface area contributed by atoms with Crippen LogP contribution in [0.3, 0.4) is 0 Å². The van der Waals surface area contributed by atoms with Gasteiger partial charge in [-0.25, -0.2) is 5.01 Å². The Hall–Kier alpha value is -2.93. The minimum absolute atomic E-state index is 0.110. The van der Waals surface area contributed by atoms with Crippen LogP contribution >= 0.6 is 0 Å². The highest BCUT2D eigenvalue weighted by Crippen LogP contribution is 2.52. The minimum atomic E-state index is -0.451. The molecule has 0 bridgehead atoms. The monoisotopic (exact) mass is 424 g/mol. The Morgan fingerprint density at radius 1 is 1.03 bits per heavy atom. The molecule has 0 saturated carbocycles. The summed E-state index contributed by atoms with van der Waals surface area (Å²) in [4.78, 5) is 1.52. The Morgan fingerprint density at radius 3 is 2.52 bits per heavy atom. The fraction of sp³-hybridized carbons (Fsp3) is 0.458. The summed E-state index contributed by atoms with van der Waals surface area (Å²) < 4.78 is 23.5. The van der Waals surface area contributed by atoms with E-state index in [2.05, 4.69) is 18.1 Å². The number of likely N-dealkylation sites (tertiary alicyclic amines) is 1. The zero-order valence-corrected chi connectivity index (χ0v) is 18.6. The van der Waals surface area contributed by atoms with Gasteiger partial charge in [0.2, 0.25) is 5.72 Å². The van der Waals surface area contributed by atoms with Gasteiger partial charge in [0.25, 0.3) is 0 Å². The van der Waals surface area contributed by atoms with Crippen molar-refractivity contribution in [3.63, 3.8) is 0 Å². The number of rotatable bonds is 4. The summed E-state index contributed by atoms with van der Waals surface area (Å²) in [6, 6.07) is 12.2. The molecule has 0 aliphatic carbocycles. The predicted molar refractivity (Wildman–Crippen MR) is 117 cm³/mol. The van der Waals surface area contributed by atoms with Crippen molar-refractivity contribution in [1.29, 1.82) is 0 Å². The van der Waals surface area contributed by atoms with Gasteiger partial charge in [0, 0.05) is 23.6 Å². The number of hydrazone groups is 1. The molecule has 1 saturated heterocycles. The molecule has 0 aromatic heterocycles. The number of quaternary nitrogens is 1. The fourth-order valence-corrected chi connectivity index (χ4v) is 5.03. The molecule has 2 aromatic carbocycles. The van der Waals surface area contributed by atoms with E-state index in [-0.39, 0.29) is 6.04 Å². The minimum Gasteiger partial charge on any atom is -0.497 e. The molecule has 7 nitrogen and oxygen atoms in total. The van der Waals surface area contributed by atoms with Crippen LogP contribution in [-0.2, 0) is 0 Å². The molecule has 0 unspecified atom stereocenters. The SMILES string of the molecule is COc1ccc(C2=NN3[C@H](C2)c2cccc(OC)c2OC32CC[NH+](C)CC2)c(OC)c1. The molecule has 3 aliphatic rings. The lowest BCUT2D eigenvalue weighted by molar-refractivity contribution is -0.888. The first kappa shape index (κ1) is 20.0. The van der Waals surface area contributed by atoms with Crippen LogP contribution < -0.4 is 23.8 Å². The second kappa shape index (κ2) is 7.64.